The quantitative estimate of drug-likeness (QED) is 0.826. The van der Waals surface area contributed by atoms with Crippen molar-refractivity contribution in [3.05, 3.63) is 29.6 Å². The largest absolute Gasteiger partial charge is 0.270 e. The van der Waals surface area contributed by atoms with Crippen LogP contribution in [-0.4, -0.2) is 40.6 Å². The van der Waals surface area contributed by atoms with Gasteiger partial charge in [0.05, 0.1) is 22.9 Å². The van der Waals surface area contributed by atoms with Gasteiger partial charge in [-0.1, -0.05) is 6.92 Å². The van der Waals surface area contributed by atoms with Crippen molar-refractivity contribution >= 4 is 25.5 Å². The van der Waals surface area contributed by atoms with Crippen LogP contribution in [0.3, 0.4) is 0 Å². The summed E-state index contributed by atoms with van der Waals surface area (Å²) in [6, 6.07) is 4.05. The van der Waals surface area contributed by atoms with Crippen LogP contribution in [0.4, 0.5) is 10.1 Å². The Morgan fingerprint density at radius 2 is 2.00 bits per heavy atom. The molecular formula is C13H16FNO4S2. The molecule has 2 heterocycles. The van der Waals surface area contributed by atoms with Crippen LogP contribution in [0, 0.1) is 11.2 Å². The molecule has 0 N–H and O–H groups in total. The molecule has 8 heteroatoms. The summed E-state index contributed by atoms with van der Waals surface area (Å²) in [6.07, 6.45) is 0.474. The van der Waals surface area contributed by atoms with Crippen molar-refractivity contribution in [3.63, 3.8) is 0 Å². The van der Waals surface area contributed by atoms with Crippen LogP contribution in [0.15, 0.2) is 18.2 Å². The van der Waals surface area contributed by atoms with Crippen LogP contribution >= 0.6 is 0 Å². The van der Waals surface area contributed by atoms with Gasteiger partial charge >= 0.3 is 0 Å². The van der Waals surface area contributed by atoms with Gasteiger partial charge in [0.2, 0.25) is 10.0 Å². The van der Waals surface area contributed by atoms with Crippen molar-refractivity contribution in [2.45, 2.75) is 13.3 Å². The van der Waals surface area contributed by atoms with Crippen molar-refractivity contribution in [2.24, 2.45) is 5.41 Å². The molecule has 2 aliphatic heterocycles. The summed E-state index contributed by atoms with van der Waals surface area (Å²) in [6.45, 7) is 1.96. The van der Waals surface area contributed by atoms with Gasteiger partial charge in [-0.25, -0.2) is 21.2 Å². The Labute approximate surface area is 123 Å². The van der Waals surface area contributed by atoms with Crippen molar-refractivity contribution in [1.29, 1.82) is 0 Å². The van der Waals surface area contributed by atoms with E-state index < -0.39 is 25.3 Å². The third-order valence-corrected chi connectivity index (χ3v) is 8.28. The number of sulfonamides is 1. The zero-order valence-electron chi connectivity index (χ0n) is 11.5. The average molecular weight is 333 g/mol. The number of halogens is 1. The monoisotopic (exact) mass is 333 g/mol. The molecule has 0 aliphatic carbocycles. The van der Waals surface area contributed by atoms with Gasteiger partial charge in [-0.15, -0.1) is 0 Å². The predicted octanol–water partition coefficient (Wildman–Crippen LogP) is 0.953. The third kappa shape index (κ3) is 2.66. The Morgan fingerprint density at radius 1 is 1.33 bits per heavy atom. The summed E-state index contributed by atoms with van der Waals surface area (Å²) in [5, 5.41) is 0. The summed E-state index contributed by atoms with van der Waals surface area (Å²) in [7, 11) is -6.69. The average Bonchev–Trinajstić information content (AvgIpc) is 2.67. The smallest absolute Gasteiger partial charge is 0.235 e. The Balaban J connectivity index is 1.85. The summed E-state index contributed by atoms with van der Waals surface area (Å²) < 4.78 is 62.1. The van der Waals surface area contributed by atoms with Gasteiger partial charge < -0.3 is 0 Å². The third-order valence-electron chi connectivity index (χ3n) is 3.90. The van der Waals surface area contributed by atoms with Crippen molar-refractivity contribution in [2.75, 3.05) is 28.1 Å². The van der Waals surface area contributed by atoms with Crippen molar-refractivity contribution < 1.29 is 21.2 Å². The molecule has 1 saturated heterocycles. The number of anilines is 1. The minimum Gasteiger partial charge on any atom is -0.270 e. The second-order valence-corrected chi connectivity index (χ2v) is 10.2. The number of rotatable bonds is 3. The molecule has 0 aromatic heterocycles. The van der Waals surface area contributed by atoms with Crippen LogP contribution in [0.2, 0.25) is 0 Å². The maximum absolute atomic E-state index is 13.2. The molecule has 1 fully saturated rings. The minimum absolute atomic E-state index is 0.0939. The van der Waals surface area contributed by atoms with Gasteiger partial charge in [0.1, 0.15) is 5.82 Å². The number of fused-ring (bicyclic) bond motifs is 1. The zero-order chi connectivity index (χ0) is 15.5. The number of sulfone groups is 1. The molecule has 0 unspecified atom stereocenters. The lowest BCUT2D eigenvalue weighted by molar-refractivity contribution is 0.410. The van der Waals surface area contributed by atoms with Crippen LogP contribution in [-0.2, 0) is 26.3 Å². The lowest BCUT2D eigenvalue weighted by Gasteiger charge is -2.38. The summed E-state index contributed by atoms with van der Waals surface area (Å²) in [4.78, 5) is 0. The van der Waals surface area contributed by atoms with Gasteiger partial charge in [-0.3, -0.25) is 4.31 Å². The first-order chi connectivity index (χ1) is 9.60. The molecule has 0 bridgehead atoms. The number of benzene rings is 1. The van der Waals surface area contributed by atoms with Crippen LogP contribution in [0.25, 0.3) is 0 Å². The van der Waals surface area contributed by atoms with E-state index in [1.54, 1.807) is 6.92 Å². The van der Waals surface area contributed by atoms with Crippen LogP contribution in [0.5, 0.6) is 0 Å². The molecule has 116 valence electrons. The highest BCUT2D eigenvalue weighted by Gasteiger charge is 2.48. The first kappa shape index (κ1) is 14.8. The van der Waals surface area contributed by atoms with E-state index in [0.717, 1.165) is 0 Å². The maximum Gasteiger partial charge on any atom is 0.235 e. The fourth-order valence-corrected chi connectivity index (χ4v) is 7.84. The molecule has 0 spiro atoms. The van der Waals surface area contributed by atoms with E-state index in [0.29, 0.717) is 17.7 Å². The Bertz CT molecular complexity index is 789. The van der Waals surface area contributed by atoms with Crippen molar-refractivity contribution in [3.8, 4) is 0 Å². The molecule has 1 aromatic carbocycles. The fraction of sp³-hybridized carbons (Fsp3) is 0.538. The van der Waals surface area contributed by atoms with Crippen LogP contribution < -0.4 is 4.31 Å². The van der Waals surface area contributed by atoms with Gasteiger partial charge in [0, 0.05) is 12.0 Å². The number of hydrogen-bond donors (Lipinski definition) is 0. The Morgan fingerprint density at radius 3 is 2.62 bits per heavy atom. The van der Waals surface area contributed by atoms with E-state index >= 15 is 0 Å². The van der Waals surface area contributed by atoms with E-state index in [-0.39, 0.29) is 29.6 Å². The highest BCUT2D eigenvalue weighted by Crippen LogP contribution is 2.37. The van der Waals surface area contributed by atoms with Gasteiger partial charge in [-0.2, -0.15) is 0 Å². The van der Waals surface area contributed by atoms with Crippen LogP contribution in [0.1, 0.15) is 12.5 Å². The van der Waals surface area contributed by atoms with E-state index in [1.165, 1.54) is 22.5 Å². The van der Waals surface area contributed by atoms with E-state index in [4.69, 9.17) is 0 Å². The van der Waals surface area contributed by atoms with Gasteiger partial charge in [-0.05, 0) is 30.2 Å². The standard InChI is InChI=1S/C13H16FNO4S2/c1-13(7-20(16,17)8-13)9-21(18,19)15-5-4-10-6-11(14)2-3-12(10)15/h2-3,6H,4-5,7-9H2,1H3. The molecule has 0 amide bonds. The first-order valence-electron chi connectivity index (χ1n) is 6.60. The number of nitrogens with zero attached hydrogens (tertiary/aromatic N) is 1. The molecule has 0 atom stereocenters. The summed E-state index contributed by atoms with van der Waals surface area (Å²) >= 11 is 0. The molecule has 2 aliphatic rings. The summed E-state index contributed by atoms with van der Waals surface area (Å²) in [5.74, 6) is -0.770. The normalized spacial score (nSPS) is 22.7. The zero-order valence-corrected chi connectivity index (χ0v) is 13.2. The SMILES string of the molecule is CC1(CS(=O)(=O)N2CCc3cc(F)ccc32)CS(=O)(=O)C1. The fourth-order valence-electron chi connectivity index (χ4n) is 3.25. The second-order valence-electron chi connectivity index (χ2n) is 6.19. The molecule has 1 aromatic rings. The molecule has 0 radical (unpaired) electrons. The van der Waals surface area contributed by atoms with Crippen molar-refractivity contribution in [1.82, 2.24) is 0 Å². The lowest BCUT2D eigenvalue weighted by Crippen LogP contribution is -2.52. The van der Waals surface area contributed by atoms with Gasteiger partial charge in [0.25, 0.3) is 0 Å². The molecular weight excluding hydrogens is 317 g/mol. The Kier molecular flexibility index (Phi) is 3.11. The Hall–Kier alpha value is -1.15. The van der Waals surface area contributed by atoms with E-state index in [1.807, 2.05) is 0 Å². The highest BCUT2D eigenvalue weighted by atomic mass is 32.2. The molecule has 0 saturated carbocycles. The topological polar surface area (TPSA) is 71.5 Å². The maximum atomic E-state index is 13.2. The lowest BCUT2D eigenvalue weighted by atomic mass is 9.98. The van der Waals surface area contributed by atoms with Gasteiger partial charge in [0.15, 0.2) is 9.84 Å². The molecule has 5 nitrogen and oxygen atoms in total. The minimum atomic E-state index is -3.61. The number of hydrogen-bond acceptors (Lipinski definition) is 4. The van der Waals surface area contributed by atoms with E-state index in [2.05, 4.69) is 0 Å². The second kappa shape index (κ2) is 4.42. The predicted molar refractivity (Wildman–Crippen MR) is 78.0 cm³/mol. The molecule has 3 rings (SSSR count). The first-order valence-corrected chi connectivity index (χ1v) is 10.0. The molecule has 21 heavy (non-hydrogen) atoms. The van der Waals surface area contributed by atoms with E-state index in [9.17, 15) is 21.2 Å². The highest BCUT2D eigenvalue weighted by molar-refractivity contribution is 7.94. The summed E-state index contributed by atoms with van der Waals surface area (Å²) in [5.41, 5.74) is 0.452.